The van der Waals surface area contributed by atoms with Crippen LogP contribution < -0.4 is 10.5 Å². The summed E-state index contributed by atoms with van der Waals surface area (Å²) in [7, 11) is 1.43. The number of ether oxygens (including phenoxy) is 1. The second kappa shape index (κ2) is 6.43. The Morgan fingerprint density at radius 1 is 1.60 bits per heavy atom. The molecule has 0 unspecified atom stereocenters. The number of halogens is 2. The van der Waals surface area contributed by atoms with Crippen molar-refractivity contribution in [1.29, 1.82) is 0 Å². The molecule has 0 saturated carbocycles. The van der Waals surface area contributed by atoms with Crippen molar-refractivity contribution in [3.05, 3.63) is 42.2 Å². The number of methoxy groups -OCH3 is 1. The van der Waals surface area contributed by atoms with Crippen LogP contribution in [-0.4, -0.2) is 7.11 Å². The molecule has 1 atom stereocenters. The number of hydrogen-bond donors (Lipinski definition) is 1. The summed E-state index contributed by atoms with van der Waals surface area (Å²) in [5.74, 6) is -0.161. The fraction of sp³-hybridized carbons (Fsp3) is 0.273. The highest BCUT2D eigenvalue weighted by Gasteiger charge is 2.13. The van der Waals surface area contributed by atoms with Crippen molar-refractivity contribution in [2.45, 2.75) is 12.5 Å². The van der Waals surface area contributed by atoms with Gasteiger partial charge in [0.15, 0.2) is 11.6 Å². The SMILES string of the molecule is C=CC[C@H](N)c1cccc(F)c1OC.Cl. The molecule has 84 valence electrons. The summed E-state index contributed by atoms with van der Waals surface area (Å²) in [6.45, 7) is 3.59. The number of para-hydroxylation sites is 1. The van der Waals surface area contributed by atoms with E-state index in [1.54, 1.807) is 18.2 Å². The first-order valence-electron chi connectivity index (χ1n) is 4.39. The Hall–Kier alpha value is -1.06. The molecule has 0 aromatic heterocycles. The van der Waals surface area contributed by atoms with Crippen molar-refractivity contribution in [2.75, 3.05) is 7.11 Å². The summed E-state index contributed by atoms with van der Waals surface area (Å²) in [4.78, 5) is 0. The maximum atomic E-state index is 13.2. The lowest BCUT2D eigenvalue weighted by Gasteiger charge is -2.14. The highest BCUT2D eigenvalue weighted by molar-refractivity contribution is 5.85. The van der Waals surface area contributed by atoms with Crippen molar-refractivity contribution in [3.8, 4) is 5.75 Å². The van der Waals surface area contributed by atoms with E-state index in [2.05, 4.69) is 6.58 Å². The molecule has 2 N–H and O–H groups in total. The predicted molar refractivity (Wildman–Crippen MR) is 61.9 cm³/mol. The van der Waals surface area contributed by atoms with Crippen LogP contribution in [0.4, 0.5) is 4.39 Å². The molecule has 0 amide bonds. The predicted octanol–water partition coefficient (Wildman–Crippen LogP) is 2.83. The lowest BCUT2D eigenvalue weighted by atomic mass is 10.0. The Morgan fingerprint density at radius 2 is 2.27 bits per heavy atom. The molecule has 1 aromatic rings. The van der Waals surface area contributed by atoms with Gasteiger partial charge in [0.05, 0.1) is 7.11 Å². The van der Waals surface area contributed by atoms with Crippen LogP contribution >= 0.6 is 12.4 Å². The monoisotopic (exact) mass is 231 g/mol. The van der Waals surface area contributed by atoms with Crippen LogP contribution in [-0.2, 0) is 0 Å². The molecule has 15 heavy (non-hydrogen) atoms. The second-order valence-electron chi connectivity index (χ2n) is 2.99. The topological polar surface area (TPSA) is 35.2 Å². The van der Waals surface area contributed by atoms with Gasteiger partial charge in [-0.25, -0.2) is 4.39 Å². The highest BCUT2D eigenvalue weighted by atomic mass is 35.5. The molecule has 1 rings (SSSR count). The van der Waals surface area contributed by atoms with Crippen molar-refractivity contribution < 1.29 is 9.13 Å². The summed E-state index contributed by atoms with van der Waals surface area (Å²) >= 11 is 0. The highest BCUT2D eigenvalue weighted by Crippen LogP contribution is 2.28. The third-order valence-corrected chi connectivity index (χ3v) is 2.02. The molecule has 0 fully saturated rings. The minimum Gasteiger partial charge on any atom is -0.493 e. The van der Waals surface area contributed by atoms with Crippen LogP contribution in [0.2, 0.25) is 0 Å². The van der Waals surface area contributed by atoms with Crippen LogP contribution in [0.5, 0.6) is 5.75 Å². The zero-order valence-corrected chi connectivity index (χ0v) is 9.39. The molecular formula is C11H15ClFNO. The van der Waals surface area contributed by atoms with E-state index in [9.17, 15) is 4.39 Å². The molecule has 4 heteroatoms. The van der Waals surface area contributed by atoms with E-state index < -0.39 is 0 Å². The summed E-state index contributed by atoms with van der Waals surface area (Å²) in [5.41, 5.74) is 6.51. The van der Waals surface area contributed by atoms with E-state index in [-0.39, 0.29) is 30.0 Å². The number of nitrogens with two attached hydrogens (primary N) is 1. The first-order valence-corrected chi connectivity index (χ1v) is 4.39. The molecule has 0 aliphatic carbocycles. The Labute approximate surface area is 95.3 Å². The van der Waals surface area contributed by atoms with Crippen LogP contribution in [0, 0.1) is 5.82 Å². The van der Waals surface area contributed by atoms with Gasteiger partial charge >= 0.3 is 0 Å². The third kappa shape index (κ3) is 3.22. The maximum absolute atomic E-state index is 13.2. The van der Waals surface area contributed by atoms with Gasteiger partial charge < -0.3 is 10.5 Å². The van der Waals surface area contributed by atoms with Gasteiger partial charge in [-0.1, -0.05) is 18.2 Å². The molecule has 0 bridgehead atoms. The van der Waals surface area contributed by atoms with E-state index in [1.807, 2.05) is 0 Å². The minimum absolute atomic E-state index is 0. The maximum Gasteiger partial charge on any atom is 0.165 e. The normalized spacial score (nSPS) is 11.4. The molecule has 2 nitrogen and oxygen atoms in total. The van der Waals surface area contributed by atoms with Gasteiger partial charge in [-0.2, -0.15) is 0 Å². The minimum atomic E-state index is -0.385. The van der Waals surface area contributed by atoms with E-state index in [0.717, 1.165) is 0 Å². The largest absolute Gasteiger partial charge is 0.493 e. The first kappa shape index (κ1) is 13.9. The van der Waals surface area contributed by atoms with E-state index in [4.69, 9.17) is 10.5 Å². The number of rotatable bonds is 4. The number of benzene rings is 1. The van der Waals surface area contributed by atoms with Crippen molar-refractivity contribution in [1.82, 2.24) is 0 Å². The summed E-state index contributed by atoms with van der Waals surface area (Å²) in [6.07, 6.45) is 2.30. The second-order valence-corrected chi connectivity index (χ2v) is 2.99. The molecule has 0 radical (unpaired) electrons. The molecule has 0 heterocycles. The fourth-order valence-electron chi connectivity index (χ4n) is 1.34. The van der Waals surface area contributed by atoms with Gasteiger partial charge in [0.1, 0.15) is 0 Å². The average Bonchev–Trinajstić information content (AvgIpc) is 2.17. The smallest absolute Gasteiger partial charge is 0.165 e. The Kier molecular flexibility index (Phi) is 5.97. The van der Waals surface area contributed by atoms with Gasteiger partial charge in [0.25, 0.3) is 0 Å². The molecule has 0 saturated heterocycles. The van der Waals surface area contributed by atoms with Crippen molar-refractivity contribution in [2.24, 2.45) is 5.73 Å². The lowest BCUT2D eigenvalue weighted by Crippen LogP contribution is -2.11. The molecule has 1 aromatic carbocycles. The van der Waals surface area contributed by atoms with Gasteiger partial charge in [0.2, 0.25) is 0 Å². The molecular weight excluding hydrogens is 217 g/mol. The van der Waals surface area contributed by atoms with Gasteiger partial charge in [-0.15, -0.1) is 19.0 Å². The Bertz CT molecular complexity index is 330. The summed E-state index contributed by atoms with van der Waals surface area (Å²) < 4.78 is 18.2. The Balaban J connectivity index is 0.00000196. The van der Waals surface area contributed by atoms with Crippen LogP contribution in [0.3, 0.4) is 0 Å². The summed E-state index contributed by atoms with van der Waals surface area (Å²) in [6, 6.07) is 4.47. The molecule has 0 spiro atoms. The Morgan fingerprint density at radius 3 is 2.80 bits per heavy atom. The third-order valence-electron chi connectivity index (χ3n) is 2.02. The van der Waals surface area contributed by atoms with Crippen LogP contribution in [0.25, 0.3) is 0 Å². The van der Waals surface area contributed by atoms with Crippen LogP contribution in [0.15, 0.2) is 30.9 Å². The van der Waals surface area contributed by atoms with Gasteiger partial charge in [-0.3, -0.25) is 0 Å². The zero-order valence-electron chi connectivity index (χ0n) is 8.57. The fourth-order valence-corrected chi connectivity index (χ4v) is 1.34. The van der Waals surface area contributed by atoms with E-state index in [0.29, 0.717) is 12.0 Å². The molecule has 0 aliphatic heterocycles. The summed E-state index contributed by atoms with van der Waals surface area (Å²) in [5, 5.41) is 0. The van der Waals surface area contributed by atoms with E-state index in [1.165, 1.54) is 13.2 Å². The first-order chi connectivity index (χ1) is 6.70. The van der Waals surface area contributed by atoms with Gasteiger partial charge in [-0.05, 0) is 12.5 Å². The average molecular weight is 232 g/mol. The van der Waals surface area contributed by atoms with Crippen molar-refractivity contribution >= 4 is 12.4 Å². The zero-order chi connectivity index (χ0) is 10.6. The lowest BCUT2D eigenvalue weighted by molar-refractivity contribution is 0.378. The quantitative estimate of drug-likeness (QED) is 0.809. The number of hydrogen-bond acceptors (Lipinski definition) is 2. The van der Waals surface area contributed by atoms with Crippen LogP contribution in [0.1, 0.15) is 18.0 Å². The van der Waals surface area contributed by atoms with Crippen molar-refractivity contribution in [3.63, 3.8) is 0 Å². The van der Waals surface area contributed by atoms with E-state index >= 15 is 0 Å². The molecule has 0 aliphatic rings. The standard InChI is InChI=1S/C11H14FNO.ClH/c1-3-5-10(13)8-6-4-7-9(12)11(8)14-2;/h3-4,6-7,10H,1,5,13H2,2H3;1H/t10-;/m0./s1. The van der Waals surface area contributed by atoms with Gasteiger partial charge in [0, 0.05) is 11.6 Å².